The van der Waals surface area contributed by atoms with Crippen molar-refractivity contribution in [3.63, 3.8) is 0 Å². The predicted octanol–water partition coefficient (Wildman–Crippen LogP) is 3.78. The summed E-state index contributed by atoms with van der Waals surface area (Å²) in [6.45, 7) is 8.64. The third-order valence-corrected chi connectivity index (χ3v) is 3.15. The highest BCUT2D eigenvalue weighted by Gasteiger charge is 2.17. The topological polar surface area (TPSA) is 52.9 Å². The second-order valence-corrected chi connectivity index (χ2v) is 6.77. The Labute approximate surface area is 126 Å². The van der Waals surface area contributed by atoms with Gasteiger partial charge in [-0.3, -0.25) is 4.79 Å². The first-order valence-corrected chi connectivity index (χ1v) is 7.16. The van der Waals surface area contributed by atoms with E-state index in [0.29, 0.717) is 12.0 Å². The van der Waals surface area contributed by atoms with Gasteiger partial charge in [-0.05, 0) is 29.9 Å². The Bertz CT molecular complexity index is 541. The molecule has 0 radical (unpaired) electrons. The number of rotatable bonds is 5. The summed E-state index contributed by atoms with van der Waals surface area (Å²) < 4.78 is 13.7. The second-order valence-electron chi connectivity index (χ2n) is 6.77. The molecule has 21 heavy (non-hydrogen) atoms. The molecule has 0 fully saturated rings. The molecule has 1 unspecified atom stereocenters. The van der Waals surface area contributed by atoms with Crippen LogP contribution in [-0.4, -0.2) is 5.91 Å². The van der Waals surface area contributed by atoms with Crippen LogP contribution in [0.2, 0.25) is 0 Å². The third kappa shape index (κ3) is 6.40. The van der Waals surface area contributed by atoms with Gasteiger partial charge in [-0.15, -0.1) is 0 Å². The quantitative estimate of drug-likeness (QED) is 0.897. The molecule has 0 saturated carbocycles. The van der Waals surface area contributed by atoms with E-state index >= 15 is 0 Å². The van der Waals surface area contributed by atoms with E-state index in [1.165, 1.54) is 12.1 Å². The van der Waals surface area contributed by atoms with Gasteiger partial charge in [-0.25, -0.2) is 4.39 Å². The van der Waals surface area contributed by atoms with Crippen LogP contribution in [0.5, 0.6) is 0 Å². The molecule has 1 N–H and O–H groups in total. The van der Waals surface area contributed by atoms with Gasteiger partial charge in [0.15, 0.2) is 0 Å². The highest BCUT2D eigenvalue weighted by Crippen LogP contribution is 2.25. The fourth-order valence-corrected chi connectivity index (χ4v) is 2.46. The predicted molar refractivity (Wildman–Crippen MR) is 80.8 cm³/mol. The van der Waals surface area contributed by atoms with Crippen molar-refractivity contribution in [2.75, 3.05) is 0 Å². The summed E-state index contributed by atoms with van der Waals surface area (Å²) in [5.41, 5.74) is 0.867. The average Bonchev–Trinajstić information content (AvgIpc) is 2.34. The van der Waals surface area contributed by atoms with Crippen molar-refractivity contribution in [1.82, 2.24) is 5.32 Å². The Balaban J connectivity index is 2.48. The summed E-state index contributed by atoms with van der Waals surface area (Å²) >= 11 is 0. The fraction of sp³-hybridized carbons (Fsp3) is 0.529. The zero-order valence-electron chi connectivity index (χ0n) is 13.2. The number of nitrogens with zero attached hydrogens (tertiary/aromatic N) is 1. The van der Waals surface area contributed by atoms with Gasteiger partial charge >= 0.3 is 0 Å². The van der Waals surface area contributed by atoms with E-state index in [1.54, 1.807) is 6.07 Å². The maximum absolute atomic E-state index is 13.7. The molecule has 0 heterocycles. The summed E-state index contributed by atoms with van der Waals surface area (Å²) in [4.78, 5) is 11.9. The molecule has 0 aliphatic heterocycles. The summed E-state index contributed by atoms with van der Waals surface area (Å²) in [5.74, 6) is -0.247. The van der Waals surface area contributed by atoms with Gasteiger partial charge in [0.2, 0.25) is 5.91 Å². The van der Waals surface area contributed by atoms with Gasteiger partial charge in [0.05, 0.1) is 11.6 Å². The summed E-state index contributed by atoms with van der Waals surface area (Å²) in [6, 6.07) is 6.15. The van der Waals surface area contributed by atoms with Crippen molar-refractivity contribution in [3.05, 3.63) is 35.1 Å². The van der Waals surface area contributed by atoms with Gasteiger partial charge in [0.1, 0.15) is 5.82 Å². The van der Waals surface area contributed by atoms with Crippen molar-refractivity contribution in [1.29, 1.82) is 5.26 Å². The second kappa shape index (κ2) is 7.21. The van der Waals surface area contributed by atoms with Gasteiger partial charge in [0.25, 0.3) is 0 Å². The Morgan fingerprint density at radius 3 is 2.62 bits per heavy atom. The minimum absolute atomic E-state index is 0.0736. The minimum Gasteiger partial charge on any atom is -0.352 e. The van der Waals surface area contributed by atoms with Gasteiger partial charge < -0.3 is 5.32 Å². The van der Waals surface area contributed by atoms with Crippen LogP contribution in [0.1, 0.15) is 51.7 Å². The highest BCUT2D eigenvalue weighted by molar-refractivity contribution is 5.76. The lowest BCUT2D eigenvalue weighted by atomic mass is 9.84. The van der Waals surface area contributed by atoms with E-state index in [1.807, 2.05) is 13.0 Å². The van der Waals surface area contributed by atoms with Crippen LogP contribution in [0.4, 0.5) is 4.39 Å². The molecule has 0 aliphatic rings. The molecule has 0 aliphatic carbocycles. The normalized spacial score (nSPS) is 12.6. The zero-order chi connectivity index (χ0) is 16.0. The van der Waals surface area contributed by atoms with Crippen LogP contribution in [-0.2, 0) is 11.3 Å². The van der Waals surface area contributed by atoms with E-state index in [9.17, 15) is 9.18 Å². The number of nitriles is 1. The fourth-order valence-electron chi connectivity index (χ4n) is 2.46. The van der Waals surface area contributed by atoms with Crippen molar-refractivity contribution >= 4 is 5.91 Å². The third-order valence-electron chi connectivity index (χ3n) is 3.15. The van der Waals surface area contributed by atoms with Crippen LogP contribution < -0.4 is 5.32 Å². The molecule has 0 aromatic heterocycles. The lowest BCUT2D eigenvalue weighted by Crippen LogP contribution is -2.26. The Hall–Kier alpha value is -1.89. The first-order chi connectivity index (χ1) is 9.71. The van der Waals surface area contributed by atoms with Crippen LogP contribution in [0.3, 0.4) is 0 Å². The molecule has 0 spiro atoms. The van der Waals surface area contributed by atoms with E-state index in [-0.39, 0.29) is 29.3 Å². The minimum atomic E-state index is -0.461. The number of hydrogen-bond donors (Lipinski definition) is 1. The zero-order valence-corrected chi connectivity index (χ0v) is 13.2. The molecule has 1 atom stereocenters. The van der Waals surface area contributed by atoms with Crippen LogP contribution in [0.15, 0.2) is 18.2 Å². The molecular formula is C17H23FN2O. The molecular weight excluding hydrogens is 267 g/mol. The number of halogens is 1. The van der Waals surface area contributed by atoms with Crippen LogP contribution >= 0.6 is 0 Å². The SMILES string of the molecule is CC(CC(=O)NCc1ccc(C#N)cc1F)CC(C)(C)C. The Kier molecular flexibility index (Phi) is 5.90. The number of benzene rings is 1. The number of carbonyl (C=O) groups excluding carboxylic acids is 1. The summed E-state index contributed by atoms with van der Waals surface area (Å²) in [7, 11) is 0. The molecule has 114 valence electrons. The van der Waals surface area contributed by atoms with E-state index in [0.717, 1.165) is 6.42 Å². The molecule has 0 bridgehead atoms. The molecule has 0 saturated heterocycles. The number of nitrogens with one attached hydrogen (secondary N) is 1. The van der Waals surface area contributed by atoms with Crippen molar-refractivity contribution in [3.8, 4) is 6.07 Å². The molecule has 1 aromatic carbocycles. The molecule has 3 nitrogen and oxygen atoms in total. The Morgan fingerprint density at radius 2 is 2.10 bits per heavy atom. The van der Waals surface area contributed by atoms with Crippen LogP contribution in [0.25, 0.3) is 0 Å². The average molecular weight is 290 g/mol. The number of carbonyl (C=O) groups is 1. The Morgan fingerprint density at radius 1 is 1.43 bits per heavy atom. The van der Waals surface area contributed by atoms with Crippen molar-refractivity contribution < 1.29 is 9.18 Å². The molecule has 1 rings (SSSR count). The summed E-state index contributed by atoms with van der Waals surface area (Å²) in [5, 5.41) is 11.4. The first kappa shape index (κ1) is 17.2. The number of hydrogen-bond acceptors (Lipinski definition) is 2. The van der Waals surface area contributed by atoms with E-state index in [2.05, 4.69) is 26.1 Å². The van der Waals surface area contributed by atoms with Crippen molar-refractivity contribution in [2.24, 2.45) is 11.3 Å². The van der Waals surface area contributed by atoms with Gasteiger partial charge in [0, 0.05) is 18.5 Å². The maximum atomic E-state index is 13.7. The molecule has 1 aromatic rings. The van der Waals surface area contributed by atoms with Gasteiger partial charge in [-0.2, -0.15) is 5.26 Å². The van der Waals surface area contributed by atoms with E-state index in [4.69, 9.17) is 5.26 Å². The molecule has 4 heteroatoms. The maximum Gasteiger partial charge on any atom is 0.220 e. The standard InChI is InChI=1S/C17H23FN2O/c1-12(9-17(2,3)4)7-16(21)20-11-14-6-5-13(10-19)8-15(14)18/h5-6,8,12H,7,9,11H2,1-4H3,(H,20,21). The highest BCUT2D eigenvalue weighted by atomic mass is 19.1. The lowest BCUT2D eigenvalue weighted by molar-refractivity contribution is -0.122. The smallest absolute Gasteiger partial charge is 0.220 e. The van der Waals surface area contributed by atoms with E-state index < -0.39 is 5.82 Å². The van der Waals surface area contributed by atoms with Crippen LogP contribution in [0, 0.1) is 28.5 Å². The van der Waals surface area contributed by atoms with Crippen molar-refractivity contribution in [2.45, 2.75) is 47.1 Å². The monoisotopic (exact) mass is 290 g/mol. The first-order valence-electron chi connectivity index (χ1n) is 7.16. The van der Waals surface area contributed by atoms with Gasteiger partial charge in [-0.1, -0.05) is 33.8 Å². The number of amides is 1. The molecule has 1 amide bonds. The lowest BCUT2D eigenvalue weighted by Gasteiger charge is -2.22. The largest absolute Gasteiger partial charge is 0.352 e. The summed E-state index contributed by atoms with van der Waals surface area (Å²) in [6.07, 6.45) is 1.40.